The Morgan fingerprint density at radius 2 is 1.80 bits per heavy atom. The molecule has 2 N–H and O–H groups in total. The normalized spacial score (nSPS) is 21.7. The quantitative estimate of drug-likeness (QED) is 0.850. The van der Waals surface area contributed by atoms with Crippen LogP contribution in [0.15, 0.2) is 0 Å². The molecule has 5 nitrogen and oxygen atoms in total. The molecule has 0 aromatic carbocycles. The molecule has 0 spiro atoms. The molecule has 3 rings (SSSR count). The Kier molecular flexibility index (Phi) is 3.15. The molecule has 0 radical (unpaired) electrons. The van der Waals surface area contributed by atoms with Crippen molar-refractivity contribution in [3.05, 3.63) is 11.3 Å². The van der Waals surface area contributed by atoms with E-state index in [0.717, 1.165) is 25.2 Å². The Morgan fingerprint density at radius 1 is 1.10 bits per heavy atom. The molecule has 0 amide bonds. The van der Waals surface area contributed by atoms with Crippen LogP contribution in [0.5, 0.6) is 0 Å². The maximum Gasteiger partial charge on any atom is 0.227 e. The maximum atomic E-state index is 12.2. The van der Waals surface area contributed by atoms with Crippen molar-refractivity contribution in [1.29, 1.82) is 0 Å². The van der Waals surface area contributed by atoms with Gasteiger partial charge in [0, 0.05) is 19.5 Å². The van der Waals surface area contributed by atoms with Crippen LogP contribution in [0, 0.1) is 5.41 Å². The van der Waals surface area contributed by atoms with Crippen LogP contribution in [-0.4, -0.2) is 28.8 Å². The molecule has 0 saturated carbocycles. The van der Waals surface area contributed by atoms with Crippen LogP contribution >= 0.6 is 0 Å². The zero-order valence-electron chi connectivity index (χ0n) is 12.3. The number of ketones is 1. The van der Waals surface area contributed by atoms with E-state index in [9.17, 15) is 4.79 Å². The van der Waals surface area contributed by atoms with Crippen molar-refractivity contribution in [3.63, 3.8) is 0 Å². The second-order valence-electron chi connectivity index (χ2n) is 6.72. The van der Waals surface area contributed by atoms with Crippen LogP contribution in [0.3, 0.4) is 0 Å². The first-order chi connectivity index (χ1) is 9.46. The molecule has 2 heterocycles. The van der Waals surface area contributed by atoms with Gasteiger partial charge in [-0.15, -0.1) is 0 Å². The van der Waals surface area contributed by atoms with Crippen LogP contribution in [-0.2, 0) is 6.42 Å². The second kappa shape index (κ2) is 4.72. The molecular formula is C15H22N4O. The van der Waals surface area contributed by atoms with Crippen molar-refractivity contribution >= 4 is 17.5 Å². The molecule has 1 aliphatic heterocycles. The Hall–Kier alpha value is -1.65. The van der Waals surface area contributed by atoms with Gasteiger partial charge in [-0.3, -0.25) is 4.79 Å². The van der Waals surface area contributed by atoms with E-state index in [4.69, 9.17) is 5.73 Å². The molecular weight excluding hydrogens is 252 g/mol. The largest absolute Gasteiger partial charge is 0.383 e. The number of hydrogen-bond acceptors (Lipinski definition) is 5. The first-order valence-electron chi connectivity index (χ1n) is 7.41. The highest BCUT2D eigenvalue weighted by Gasteiger charge is 2.34. The summed E-state index contributed by atoms with van der Waals surface area (Å²) in [5.41, 5.74) is 7.38. The van der Waals surface area contributed by atoms with Gasteiger partial charge >= 0.3 is 0 Å². The van der Waals surface area contributed by atoms with Crippen LogP contribution < -0.4 is 10.6 Å². The maximum absolute atomic E-state index is 12.2. The molecule has 1 aromatic rings. The van der Waals surface area contributed by atoms with Gasteiger partial charge in [0.1, 0.15) is 5.82 Å². The van der Waals surface area contributed by atoms with Crippen LogP contribution in [0.25, 0.3) is 0 Å². The fraction of sp³-hybridized carbons (Fsp3) is 0.667. The van der Waals surface area contributed by atoms with Gasteiger partial charge < -0.3 is 10.6 Å². The van der Waals surface area contributed by atoms with Gasteiger partial charge in [-0.1, -0.05) is 13.8 Å². The van der Waals surface area contributed by atoms with Gasteiger partial charge in [-0.05, 0) is 31.1 Å². The third-order valence-corrected chi connectivity index (χ3v) is 4.20. The van der Waals surface area contributed by atoms with Gasteiger partial charge in [0.2, 0.25) is 5.95 Å². The Bertz CT molecular complexity index is 547. The highest BCUT2D eigenvalue weighted by Crippen LogP contribution is 2.36. The number of hydrogen-bond donors (Lipinski definition) is 1. The number of carbonyl (C=O) groups is 1. The Balaban J connectivity index is 2.00. The van der Waals surface area contributed by atoms with Crippen molar-refractivity contribution in [2.45, 2.75) is 46.0 Å². The minimum Gasteiger partial charge on any atom is -0.383 e. The molecule has 5 heteroatoms. The number of nitrogens with zero attached hydrogens (tertiary/aromatic N) is 3. The summed E-state index contributed by atoms with van der Waals surface area (Å²) in [5.74, 6) is 1.14. The number of fused-ring (bicyclic) bond motifs is 1. The van der Waals surface area contributed by atoms with E-state index in [1.807, 2.05) is 0 Å². The molecule has 0 bridgehead atoms. The SMILES string of the molecule is CC1(C)CC(=O)c2c(N)nc(N3CCCCC3)nc2C1. The number of piperidine rings is 1. The lowest BCUT2D eigenvalue weighted by atomic mass is 9.76. The highest BCUT2D eigenvalue weighted by molar-refractivity contribution is 6.02. The number of nitrogens with two attached hydrogens (primary N) is 1. The van der Waals surface area contributed by atoms with Crippen molar-refractivity contribution in [3.8, 4) is 0 Å². The van der Waals surface area contributed by atoms with E-state index in [1.165, 1.54) is 19.3 Å². The minimum absolute atomic E-state index is 0.0377. The van der Waals surface area contributed by atoms with Gasteiger partial charge in [0.15, 0.2) is 5.78 Å². The third kappa shape index (κ3) is 2.37. The number of nitrogen functional groups attached to an aromatic ring is 1. The van der Waals surface area contributed by atoms with Crippen LogP contribution in [0.2, 0.25) is 0 Å². The first-order valence-corrected chi connectivity index (χ1v) is 7.41. The second-order valence-corrected chi connectivity index (χ2v) is 6.72. The van der Waals surface area contributed by atoms with Gasteiger partial charge in [-0.25, -0.2) is 4.98 Å². The van der Waals surface area contributed by atoms with Crippen LogP contribution in [0.4, 0.5) is 11.8 Å². The first kappa shape index (κ1) is 13.3. The molecule has 1 fully saturated rings. The lowest BCUT2D eigenvalue weighted by molar-refractivity contribution is 0.0911. The van der Waals surface area contributed by atoms with E-state index >= 15 is 0 Å². The predicted octanol–water partition coefficient (Wildman–Crippen LogP) is 2.20. The number of anilines is 2. The fourth-order valence-electron chi connectivity index (χ4n) is 3.22. The van der Waals surface area contributed by atoms with Crippen molar-refractivity contribution in [2.75, 3.05) is 23.7 Å². The summed E-state index contributed by atoms with van der Waals surface area (Å²) < 4.78 is 0. The Morgan fingerprint density at radius 3 is 2.50 bits per heavy atom. The van der Waals surface area contributed by atoms with Crippen LogP contribution in [0.1, 0.15) is 55.6 Å². The average molecular weight is 274 g/mol. The predicted molar refractivity (Wildman–Crippen MR) is 78.9 cm³/mol. The zero-order chi connectivity index (χ0) is 14.3. The van der Waals surface area contributed by atoms with Gasteiger partial charge in [-0.2, -0.15) is 4.98 Å². The summed E-state index contributed by atoms with van der Waals surface area (Å²) in [6.07, 6.45) is 4.93. The summed E-state index contributed by atoms with van der Waals surface area (Å²) in [6.45, 7) is 6.17. The highest BCUT2D eigenvalue weighted by atomic mass is 16.1. The smallest absolute Gasteiger partial charge is 0.227 e. The number of Topliss-reactive ketones (excluding diaryl/α,β-unsaturated/α-hetero) is 1. The summed E-state index contributed by atoms with van der Waals surface area (Å²) in [5, 5.41) is 0. The zero-order valence-corrected chi connectivity index (χ0v) is 12.3. The molecule has 1 aliphatic carbocycles. The van der Waals surface area contributed by atoms with E-state index in [0.29, 0.717) is 23.8 Å². The molecule has 0 atom stereocenters. The molecule has 1 aromatic heterocycles. The van der Waals surface area contributed by atoms with Gasteiger partial charge in [0.05, 0.1) is 11.3 Å². The summed E-state index contributed by atoms with van der Waals surface area (Å²) in [4.78, 5) is 23.5. The number of rotatable bonds is 1. The molecule has 1 saturated heterocycles. The van der Waals surface area contributed by atoms with Gasteiger partial charge in [0.25, 0.3) is 0 Å². The number of carbonyl (C=O) groups excluding carboxylic acids is 1. The van der Waals surface area contributed by atoms with Crippen molar-refractivity contribution in [1.82, 2.24) is 9.97 Å². The lowest BCUT2D eigenvalue weighted by Gasteiger charge is -2.32. The molecule has 0 unspecified atom stereocenters. The summed E-state index contributed by atoms with van der Waals surface area (Å²) in [6, 6.07) is 0. The topological polar surface area (TPSA) is 72.1 Å². The lowest BCUT2D eigenvalue weighted by Crippen LogP contribution is -2.34. The monoisotopic (exact) mass is 274 g/mol. The van der Waals surface area contributed by atoms with E-state index in [1.54, 1.807) is 0 Å². The standard InChI is InChI=1S/C15H22N4O/c1-15(2)8-10-12(11(20)9-15)13(16)18-14(17-10)19-6-4-3-5-7-19/h3-9H2,1-2H3,(H2,16,17,18). The molecule has 2 aliphatic rings. The summed E-state index contributed by atoms with van der Waals surface area (Å²) in [7, 11) is 0. The van der Waals surface area contributed by atoms with Crippen molar-refractivity contribution in [2.24, 2.45) is 5.41 Å². The van der Waals surface area contributed by atoms with E-state index in [2.05, 4.69) is 28.7 Å². The fourth-order valence-corrected chi connectivity index (χ4v) is 3.22. The molecule has 108 valence electrons. The Labute approximate surface area is 119 Å². The van der Waals surface area contributed by atoms with E-state index in [-0.39, 0.29) is 11.2 Å². The minimum atomic E-state index is -0.0377. The average Bonchev–Trinajstić information content (AvgIpc) is 2.37. The van der Waals surface area contributed by atoms with E-state index < -0.39 is 0 Å². The summed E-state index contributed by atoms with van der Waals surface area (Å²) >= 11 is 0. The third-order valence-electron chi connectivity index (χ3n) is 4.20. The van der Waals surface area contributed by atoms with Crippen molar-refractivity contribution < 1.29 is 4.79 Å². The number of aromatic nitrogens is 2. The molecule has 20 heavy (non-hydrogen) atoms.